The molecular formula is C17H11F2NO4S. The number of halogens is 2. The third-order valence-electron chi connectivity index (χ3n) is 3.51. The third-order valence-corrected chi connectivity index (χ3v) is 4.42. The first-order chi connectivity index (χ1) is 11.9. The minimum Gasteiger partial charge on any atom is -0.508 e. The van der Waals surface area contributed by atoms with E-state index >= 15 is 0 Å². The Hall–Kier alpha value is -2.87. The van der Waals surface area contributed by atoms with E-state index < -0.39 is 28.5 Å². The van der Waals surface area contributed by atoms with Crippen molar-refractivity contribution in [1.29, 1.82) is 0 Å². The summed E-state index contributed by atoms with van der Waals surface area (Å²) in [5, 5.41) is 18.2. The molecule has 1 aliphatic rings. The minimum atomic E-state index is -1.21. The fraction of sp³-hybridized carbons (Fsp3) is 0.0588. The molecule has 0 spiro atoms. The predicted molar refractivity (Wildman–Crippen MR) is 87.6 cm³/mol. The van der Waals surface area contributed by atoms with E-state index in [1.54, 1.807) is 12.1 Å². The number of amides is 2. The van der Waals surface area contributed by atoms with Crippen LogP contribution in [-0.4, -0.2) is 26.3 Å². The predicted octanol–water partition coefficient (Wildman–Crippen LogP) is 3.61. The second-order valence-electron chi connectivity index (χ2n) is 5.24. The van der Waals surface area contributed by atoms with E-state index in [1.807, 2.05) is 0 Å². The van der Waals surface area contributed by atoms with Gasteiger partial charge < -0.3 is 10.2 Å². The number of nitrogens with zero attached hydrogens (tertiary/aromatic N) is 1. The van der Waals surface area contributed by atoms with Crippen LogP contribution in [0.4, 0.5) is 13.6 Å². The molecule has 128 valence electrons. The van der Waals surface area contributed by atoms with Gasteiger partial charge in [-0.1, -0.05) is 12.1 Å². The van der Waals surface area contributed by atoms with Crippen molar-refractivity contribution < 1.29 is 28.6 Å². The summed E-state index contributed by atoms with van der Waals surface area (Å²) in [7, 11) is 0. The van der Waals surface area contributed by atoms with Crippen LogP contribution in [0.15, 0.2) is 41.3 Å². The second-order valence-corrected chi connectivity index (χ2v) is 6.23. The molecule has 0 radical (unpaired) electrons. The lowest BCUT2D eigenvalue weighted by molar-refractivity contribution is -0.123. The average molecular weight is 363 g/mol. The Morgan fingerprint density at radius 3 is 2.60 bits per heavy atom. The van der Waals surface area contributed by atoms with Crippen molar-refractivity contribution in [3.63, 3.8) is 0 Å². The highest BCUT2D eigenvalue weighted by molar-refractivity contribution is 8.18. The Bertz CT molecular complexity index is 914. The zero-order valence-electron chi connectivity index (χ0n) is 12.6. The van der Waals surface area contributed by atoms with E-state index in [9.17, 15) is 28.6 Å². The van der Waals surface area contributed by atoms with Gasteiger partial charge in [0.15, 0.2) is 17.4 Å². The molecule has 0 bridgehead atoms. The van der Waals surface area contributed by atoms with Crippen LogP contribution in [-0.2, 0) is 11.3 Å². The molecule has 1 saturated heterocycles. The highest BCUT2D eigenvalue weighted by atomic mass is 32.2. The summed E-state index contributed by atoms with van der Waals surface area (Å²) in [6, 6.07) is 8.03. The number of carbonyl (C=O) groups is 2. The van der Waals surface area contributed by atoms with Crippen molar-refractivity contribution in [3.8, 4) is 11.5 Å². The van der Waals surface area contributed by atoms with Gasteiger partial charge in [-0.25, -0.2) is 8.78 Å². The molecule has 1 heterocycles. The van der Waals surface area contributed by atoms with Crippen LogP contribution >= 0.6 is 11.8 Å². The summed E-state index contributed by atoms with van der Waals surface area (Å²) in [5.74, 6) is -4.11. The summed E-state index contributed by atoms with van der Waals surface area (Å²) < 4.78 is 26.9. The molecule has 0 aromatic heterocycles. The first kappa shape index (κ1) is 17.0. The van der Waals surface area contributed by atoms with Gasteiger partial charge in [0.25, 0.3) is 11.1 Å². The Labute approximate surface area is 145 Å². The number of carbonyl (C=O) groups excluding carboxylic acids is 2. The maximum absolute atomic E-state index is 13.8. The van der Waals surface area contributed by atoms with E-state index in [1.165, 1.54) is 12.1 Å². The average Bonchev–Trinajstić information content (AvgIpc) is 2.83. The van der Waals surface area contributed by atoms with Gasteiger partial charge in [-0.15, -0.1) is 0 Å². The van der Waals surface area contributed by atoms with Crippen LogP contribution in [0.2, 0.25) is 0 Å². The van der Waals surface area contributed by atoms with Crippen molar-refractivity contribution in [2.75, 3.05) is 0 Å². The molecule has 0 saturated carbocycles. The molecular weight excluding hydrogens is 352 g/mol. The molecule has 0 aliphatic carbocycles. The van der Waals surface area contributed by atoms with Gasteiger partial charge in [-0.3, -0.25) is 14.5 Å². The van der Waals surface area contributed by atoms with E-state index in [0.717, 1.165) is 23.1 Å². The maximum atomic E-state index is 13.8. The lowest BCUT2D eigenvalue weighted by Crippen LogP contribution is -2.27. The summed E-state index contributed by atoms with van der Waals surface area (Å²) in [5.41, 5.74) is 0.343. The summed E-state index contributed by atoms with van der Waals surface area (Å²) in [6.07, 6.45) is 1.09. The number of imide groups is 1. The van der Waals surface area contributed by atoms with E-state index in [4.69, 9.17) is 0 Å². The molecule has 1 fully saturated rings. The van der Waals surface area contributed by atoms with Gasteiger partial charge in [0.1, 0.15) is 5.75 Å². The van der Waals surface area contributed by atoms with Gasteiger partial charge in [-0.2, -0.15) is 0 Å². The number of aromatic hydroxyl groups is 2. The normalized spacial score (nSPS) is 16.1. The fourth-order valence-corrected chi connectivity index (χ4v) is 3.11. The van der Waals surface area contributed by atoms with Gasteiger partial charge >= 0.3 is 0 Å². The van der Waals surface area contributed by atoms with Crippen molar-refractivity contribution in [2.45, 2.75) is 6.54 Å². The van der Waals surface area contributed by atoms with Gasteiger partial charge in [0.2, 0.25) is 0 Å². The van der Waals surface area contributed by atoms with Crippen molar-refractivity contribution in [3.05, 3.63) is 64.1 Å². The minimum absolute atomic E-state index is 0.00359. The van der Waals surface area contributed by atoms with Gasteiger partial charge in [-0.05, 0) is 47.7 Å². The number of phenols is 2. The number of benzene rings is 2. The molecule has 3 rings (SSSR count). The lowest BCUT2D eigenvalue weighted by atomic mass is 10.1. The van der Waals surface area contributed by atoms with Gasteiger partial charge in [0, 0.05) is 5.56 Å². The first-order valence-corrected chi connectivity index (χ1v) is 7.88. The highest BCUT2D eigenvalue weighted by Crippen LogP contribution is 2.35. The van der Waals surface area contributed by atoms with Crippen molar-refractivity contribution in [1.82, 2.24) is 4.90 Å². The summed E-state index contributed by atoms with van der Waals surface area (Å²) >= 11 is 0.613. The molecule has 2 aromatic rings. The molecule has 8 heteroatoms. The van der Waals surface area contributed by atoms with Crippen molar-refractivity contribution >= 4 is 29.0 Å². The van der Waals surface area contributed by atoms with Gasteiger partial charge in [0.05, 0.1) is 11.4 Å². The Morgan fingerprint density at radius 1 is 1.12 bits per heavy atom. The molecule has 5 nitrogen and oxygen atoms in total. The quantitative estimate of drug-likeness (QED) is 0.815. The molecule has 1 aliphatic heterocycles. The smallest absolute Gasteiger partial charge is 0.293 e. The molecule has 0 atom stereocenters. The topological polar surface area (TPSA) is 77.8 Å². The number of phenolic OH excluding ortho intramolecular Hbond substituents is 2. The zero-order chi connectivity index (χ0) is 18.1. The zero-order valence-corrected chi connectivity index (χ0v) is 13.4. The van der Waals surface area contributed by atoms with Crippen LogP contribution in [0, 0.1) is 11.6 Å². The number of hydrogen-bond acceptors (Lipinski definition) is 5. The standard InChI is InChI=1S/C17H11F2NO4S/c18-12-5-4-10(14(19)15(12)22)7-13-16(23)20(17(24)25-13)8-9-2-1-3-11(21)6-9/h1-7,21-22H,8H2/b13-7-. The van der Waals surface area contributed by atoms with Crippen LogP contribution < -0.4 is 0 Å². The van der Waals surface area contributed by atoms with E-state index in [2.05, 4.69) is 0 Å². The second kappa shape index (κ2) is 6.56. The summed E-state index contributed by atoms with van der Waals surface area (Å²) in [6.45, 7) is -0.0481. The van der Waals surface area contributed by atoms with E-state index in [0.29, 0.717) is 17.3 Å². The van der Waals surface area contributed by atoms with Crippen molar-refractivity contribution in [2.24, 2.45) is 0 Å². The molecule has 0 unspecified atom stereocenters. The van der Waals surface area contributed by atoms with Crippen LogP contribution in [0.1, 0.15) is 11.1 Å². The monoisotopic (exact) mass is 363 g/mol. The Kier molecular flexibility index (Phi) is 4.45. The number of thioether (sulfide) groups is 1. The lowest BCUT2D eigenvalue weighted by Gasteiger charge is -2.12. The molecule has 25 heavy (non-hydrogen) atoms. The SMILES string of the molecule is O=C1S/C(=C\c2ccc(F)c(O)c2F)C(=O)N1Cc1cccc(O)c1. The maximum Gasteiger partial charge on any atom is 0.293 e. The number of hydrogen-bond donors (Lipinski definition) is 2. The molecule has 2 amide bonds. The highest BCUT2D eigenvalue weighted by Gasteiger charge is 2.35. The van der Waals surface area contributed by atoms with E-state index in [-0.39, 0.29) is 22.8 Å². The fourth-order valence-electron chi connectivity index (χ4n) is 2.28. The molecule has 2 N–H and O–H groups in total. The van der Waals surface area contributed by atoms with Crippen LogP contribution in [0.5, 0.6) is 11.5 Å². The van der Waals surface area contributed by atoms with Crippen LogP contribution in [0.25, 0.3) is 6.08 Å². The Balaban J connectivity index is 1.87. The molecule has 2 aromatic carbocycles. The Morgan fingerprint density at radius 2 is 1.88 bits per heavy atom. The number of rotatable bonds is 3. The first-order valence-electron chi connectivity index (χ1n) is 7.07. The largest absolute Gasteiger partial charge is 0.508 e. The van der Waals surface area contributed by atoms with Crippen LogP contribution in [0.3, 0.4) is 0 Å². The third kappa shape index (κ3) is 3.34. The summed E-state index contributed by atoms with van der Waals surface area (Å²) in [4.78, 5) is 25.3.